The van der Waals surface area contributed by atoms with Crippen molar-refractivity contribution in [3.63, 3.8) is 0 Å². The van der Waals surface area contributed by atoms with Crippen LogP contribution in [0.4, 0.5) is 0 Å². The van der Waals surface area contributed by atoms with Crippen LogP contribution in [0, 0.1) is 0 Å². The van der Waals surface area contributed by atoms with E-state index in [2.05, 4.69) is 5.32 Å². The van der Waals surface area contributed by atoms with Crippen molar-refractivity contribution in [1.29, 1.82) is 0 Å². The van der Waals surface area contributed by atoms with Gasteiger partial charge in [0.1, 0.15) is 0 Å². The topological polar surface area (TPSA) is 55.1 Å². The van der Waals surface area contributed by atoms with Gasteiger partial charge in [-0.25, -0.2) is 0 Å². The lowest BCUT2D eigenvalue weighted by Crippen LogP contribution is -2.30. The van der Waals surface area contributed by atoms with Crippen molar-refractivity contribution >= 4 is 17.5 Å². The van der Waals surface area contributed by atoms with E-state index in [0.717, 1.165) is 34.6 Å². The molecule has 2 aromatic rings. The Morgan fingerprint density at radius 3 is 2.77 bits per heavy atom. The van der Waals surface area contributed by atoms with E-state index in [1.807, 2.05) is 48.5 Å². The number of carbonyl (C=O) groups excluding carboxylic acids is 1. The zero-order chi connectivity index (χ0) is 15.5. The van der Waals surface area contributed by atoms with Gasteiger partial charge in [0.15, 0.2) is 0 Å². The SMILES string of the molecule is NC(CC(=O)NC1CCc2c(Cl)cccc21)c1ccccc1. The number of hydrogen-bond donors (Lipinski definition) is 2. The summed E-state index contributed by atoms with van der Waals surface area (Å²) in [6.45, 7) is 0. The molecule has 1 aliphatic rings. The van der Waals surface area contributed by atoms with Gasteiger partial charge in [0.05, 0.1) is 6.04 Å². The second-order valence-corrected chi connectivity index (χ2v) is 6.09. The molecule has 0 spiro atoms. The Labute approximate surface area is 135 Å². The molecule has 0 saturated heterocycles. The fourth-order valence-corrected chi connectivity index (χ4v) is 3.31. The van der Waals surface area contributed by atoms with Crippen LogP contribution in [0.5, 0.6) is 0 Å². The quantitative estimate of drug-likeness (QED) is 0.907. The summed E-state index contributed by atoms with van der Waals surface area (Å²) in [7, 11) is 0. The van der Waals surface area contributed by atoms with Crippen LogP contribution in [0.1, 0.15) is 41.6 Å². The molecule has 0 radical (unpaired) electrons. The summed E-state index contributed by atoms with van der Waals surface area (Å²) in [5.41, 5.74) is 9.37. The van der Waals surface area contributed by atoms with Crippen molar-refractivity contribution in [3.8, 4) is 0 Å². The molecular formula is C18H19ClN2O. The van der Waals surface area contributed by atoms with Gasteiger partial charge in [-0.2, -0.15) is 0 Å². The minimum Gasteiger partial charge on any atom is -0.349 e. The highest BCUT2D eigenvalue weighted by molar-refractivity contribution is 6.31. The molecule has 0 bridgehead atoms. The molecule has 0 aliphatic heterocycles. The van der Waals surface area contributed by atoms with Gasteiger partial charge in [0.2, 0.25) is 5.91 Å². The largest absolute Gasteiger partial charge is 0.349 e. The lowest BCUT2D eigenvalue weighted by molar-refractivity contribution is -0.122. The minimum atomic E-state index is -0.276. The van der Waals surface area contributed by atoms with Crippen LogP contribution in [-0.4, -0.2) is 5.91 Å². The first kappa shape index (κ1) is 15.1. The number of rotatable bonds is 4. The second-order valence-electron chi connectivity index (χ2n) is 5.69. The fourth-order valence-electron chi connectivity index (χ4n) is 3.03. The van der Waals surface area contributed by atoms with Crippen LogP contribution in [0.25, 0.3) is 0 Å². The number of nitrogens with two attached hydrogens (primary N) is 1. The zero-order valence-corrected chi connectivity index (χ0v) is 13.0. The lowest BCUT2D eigenvalue weighted by Gasteiger charge is -2.17. The average Bonchev–Trinajstić information content (AvgIpc) is 2.92. The monoisotopic (exact) mass is 314 g/mol. The summed E-state index contributed by atoms with van der Waals surface area (Å²) in [6.07, 6.45) is 2.09. The molecule has 114 valence electrons. The first-order valence-electron chi connectivity index (χ1n) is 7.52. The van der Waals surface area contributed by atoms with E-state index < -0.39 is 0 Å². The Morgan fingerprint density at radius 2 is 2.00 bits per heavy atom. The highest BCUT2D eigenvalue weighted by Crippen LogP contribution is 2.35. The average molecular weight is 315 g/mol. The summed E-state index contributed by atoms with van der Waals surface area (Å²) in [5.74, 6) is -0.0193. The Hall–Kier alpha value is -1.84. The molecule has 2 unspecified atom stereocenters. The van der Waals surface area contributed by atoms with E-state index in [-0.39, 0.29) is 24.4 Å². The standard InChI is InChI=1S/C18H19ClN2O/c19-15-8-4-7-14-13(15)9-10-17(14)21-18(22)11-16(20)12-5-2-1-3-6-12/h1-8,16-17H,9-11,20H2,(H,21,22). The summed E-state index contributed by atoms with van der Waals surface area (Å²) >= 11 is 6.20. The molecule has 3 nitrogen and oxygen atoms in total. The molecule has 1 aliphatic carbocycles. The van der Waals surface area contributed by atoms with Gasteiger partial charge in [-0.05, 0) is 35.6 Å². The van der Waals surface area contributed by atoms with Gasteiger partial charge >= 0.3 is 0 Å². The van der Waals surface area contributed by atoms with Gasteiger partial charge < -0.3 is 11.1 Å². The minimum absolute atomic E-state index is 0.0193. The molecule has 2 atom stereocenters. The van der Waals surface area contributed by atoms with Crippen molar-refractivity contribution in [2.75, 3.05) is 0 Å². The highest BCUT2D eigenvalue weighted by atomic mass is 35.5. The summed E-state index contributed by atoms with van der Waals surface area (Å²) in [4.78, 5) is 12.3. The number of hydrogen-bond acceptors (Lipinski definition) is 2. The Kier molecular flexibility index (Phi) is 4.46. The number of amides is 1. The maximum atomic E-state index is 12.3. The maximum absolute atomic E-state index is 12.3. The summed E-state index contributed by atoms with van der Waals surface area (Å²) in [6, 6.07) is 15.3. The lowest BCUT2D eigenvalue weighted by atomic mass is 10.0. The van der Waals surface area contributed by atoms with Crippen molar-refractivity contribution < 1.29 is 4.79 Å². The number of carbonyl (C=O) groups is 1. The Morgan fingerprint density at radius 1 is 1.23 bits per heavy atom. The van der Waals surface area contributed by atoms with Crippen LogP contribution >= 0.6 is 11.6 Å². The van der Waals surface area contributed by atoms with Crippen molar-refractivity contribution in [1.82, 2.24) is 5.32 Å². The normalized spacial score (nSPS) is 17.8. The third kappa shape index (κ3) is 3.16. The van der Waals surface area contributed by atoms with Crippen LogP contribution in [0.15, 0.2) is 48.5 Å². The van der Waals surface area contributed by atoms with Crippen LogP contribution in [0.3, 0.4) is 0 Å². The van der Waals surface area contributed by atoms with Crippen molar-refractivity contribution in [3.05, 3.63) is 70.2 Å². The first-order chi connectivity index (χ1) is 10.6. The van der Waals surface area contributed by atoms with Crippen LogP contribution in [-0.2, 0) is 11.2 Å². The second kappa shape index (κ2) is 6.51. The highest BCUT2D eigenvalue weighted by Gasteiger charge is 2.25. The first-order valence-corrected chi connectivity index (χ1v) is 7.90. The molecule has 0 aromatic heterocycles. The third-order valence-corrected chi connectivity index (χ3v) is 4.54. The zero-order valence-electron chi connectivity index (χ0n) is 12.3. The smallest absolute Gasteiger partial charge is 0.222 e. The molecule has 3 N–H and O–H groups in total. The Bertz CT molecular complexity index is 672. The summed E-state index contributed by atoms with van der Waals surface area (Å²) in [5, 5.41) is 3.87. The van der Waals surface area contributed by atoms with Crippen LogP contribution < -0.4 is 11.1 Å². The van der Waals surface area contributed by atoms with Crippen molar-refractivity contribution in [2.24, 2.45) is 5.73 Å². The Balaban J connectivity index is 1.63. The van der Waals surface area contributed by atoms with E-state index in [4.69, 9.17) is 17.3 Å². The molecule has 2 aromatic carbocycles. The molecule has 4 heteroatoms. The predicted molar refractivity (Wildman–Crippen MR) is 88.6 cm³/mol. The molecular weight excluding hydrogens is 296 g/mol. The number of halogens is 1. The fraction of sp³-hybridized carbons (Fsp3) is 0.278. The van der Waals surface area contributed by atoms with E-state index in [9.17, 15) is 4.79 Å². The molecule has 22 heavy (non-hydrogen) atoms. The molecule has 0 saturated carbocycles. The number of benzene rings is 2. The maximum Gasteiger partial charge on any atom is 0.222 e. The van der Waals surface area contributed by atoms with E-state index in [1.165, 1.54) is 0 Å². The predicted octanol–water partition coefficient (Wildman–Crippen LogP) is 3.53. The molecule has 1 amide bonds. The molecule has 0 fully saturated rings. The van der Waals surface area contributed by atoms with E-state index >= 15 is 0 Å². The van der Waals surface area contributed by atoms with Gasteiger partial charge in [-0.3, -0.25) is 4.79 Å². The van der Waals surface area contributed by atoms with Gasteiger partial charge in [0.25, 0.3) is 0 Å². The van der Waals surface area contributed by atoms with Gasteiger partial charge in [-0.1, -0.05) is 54.1 Å². The van der Waals surface area contributed by atoms with E-state index in [1.54, 1.807) is 0 Å². The third-order valence-electron chi connectivity index (χ3n) is 4.18. The number of nitrogens with one attached hydrogen (secondary N) is 1. The van der Waals surface area contributed by atoms with Crippen molar-refractivity contribution in [2.45, 2.75) is 31.3 Å². The van der Waals surface area contributed by atoms with E-state index in [0.29, 0.717) is 0 Å². The van der Waals surface area contributed by atoms with Gasteiger partial charge in [-0.15, -0.1) is 0 Å². The number of fused-ring (bicyclic) bond motifs is 1. The van der Waals surface area contributed by atoms with Crippen LogP contribution in [0.2, 0.25) is 5.02 Å². The van der Waals surface area contributed by atoms with Gasteiger partial charge in [0, 0.05) is 17.5 Å². The molecule has 3 rings (SSSR count). The summed E-state index contributed by atoms with van der Waals surface area (Å²) < 4.78 is 0. The molecule has 0 heterocycles.